The first-order valence-corrected chi connectivity index (χ1v) is 6.52. The van der Waals surface area contributed by atoms with Gasteiger partial charge in [-0.1, -0.05) is 12.8 Å². The summed E-state index contributed by atoms with van der Waals surface area (Å²) < 4.78 is 0. The van der Waals surface area contributed by atoms with Gasteiger partial charge in [0.1, 0.15) is 0 Å². The molecule has 1 aliphatic rings. The molecule has 1 aliphatic carbocycles. The molecule has 1 fully saturated rings. The van der Waals surface area contributed by atoms with Crippen molar-refractivity contribution >= 4 is 17.7 Å². The molecule has 0 aliphatic heterocycles. The Balaban J connectivity index is 1.99. The quantitative estimate of drug-likeness (QED) is 0.664. The van der Waals surface area contributed by atoms with E-state index in [1.807, 2.05) is 0 Å². The standard InChI is InChI=1S/C13H17N3O4/c17-10-6-2-1-4-8(10)15-13(20)16-9-5-3-7-14-11(9)12(18)19/h3,5,7-8,10,17H,1-2,4,6H2,(H,18,19)(H2,15,16,20). The number of nitrogens with one attached hydrogen (secondary N) is 2. The Morgan fingerprint density at radius 2 is 2.05 bits per heavy atom. The Hall–Kier alpha value is -2.15. The van der Waals surface area contributed by atoms with Crippen molar-refractivity contribution in [2.45, 2.75) is 37.8 Å². The third-order valence-electron chi connectivity index (χ3n) is 3.30. The SMILES string of the molecule is O=C(Nc1cccnc1C(=O)O)NC1CCCCC1O. The number of urea groups is 1. The summed E-state index contributed by atoms with van der Waals surface area (Å²) in [7, 11) is 0. The number of rotatable bonds is 3. The van der Waals surface area contributed by atoms with Gasteiger partial charge in [-0.3, -0.25) is 0 Å². The van der Waals surface area contributed by atoms with Gasteiger partial charge >= 0.3 is 12.0 Å². The maximum absolute atomic E-state index is 11.8. The number of anilines is 1. The van der Waals surface area contributed by atoms with Crippen LogP contribution in [-0.2, 0) is 0 Å². The normalized spacial score (nSPS) is 22.1. The molecule has 1 saturated carbocycles. The molecule has 108 valence electrons. The number of aromatic carboxylic acids is 1. The molecule has 7 heteroatoms. The van der Waals surface area contributed by atoms with Gasteiger partial charge in [0.15, 0.2) is 5.69 Å². The van der Waals surface area contributed by atoms with Crippen molar-refractivity contribution in [1.82, 2.24) is 10.3 Å². The highest BCUT2D eigenvalue weighted by Crippen LogP contribution is 2.18. The Labute approximate surface area is 116 Å². The molecule has 1 aromatic heterocycles. The summed E-state index contributed by atoms with van der Waals surface area (Å²) in [5.41, 5.74) is -0.0883. The zero-order chi connectivity index (χ0) is 14.5. The highest BCUT2D eigenvalue weighted by molar-refractivity contribution is 5.98. The van der Waals surface area contributed by atoms with E-state index in [4.69, 9.17) is 5.11 Å². The van der Waals surface area contributed by atoms with Crippen molar-refractivity contribution in [2.24, 2.45) is 0 Å². The van der Waals surface area contributed by atoms with Crippen LogP contribution in [0.4, 0.5) is 10.5 Å². The van der Waals surface area contributed by atoms with Crippen LogP contribution in [0.2, 0.25) is 0 Å². The molecular weight excluding hydrogens is 262 g/mol. The fourth-order valence-electron chi connectivity index (χ4n) is 2.28. The number of carbonyl (C=O) groups is 2. The van der Waals surface area contributed by atoms with E-state index in [0.717, 1.165) is 12.8 Å². The largest absolute Gasteiger partial charge is 0.476 e. The monoisotopic (exact) mass is 279 g/mol. The van der Waals surface area contributed by atoms with Crippen LogP contribution >= 0.6 is 0 Å². The predicted molar refractivity (Wildman–Crippen MR) is 71.6 cm³/mol. The zero-order valence-corrected chi connectivity index (χ0v) is 10.9. The minimum Gasteiger partial charge on any atom is -0.476 e. The maximum Gasteiger partial charge on any atom is 0.356 e. The van der Waals surface area contributed by atoms with Gasteiger partial charge in [0.2, 0.25) is 0 Å². The summed E-state index contributed by atoms with van der Waals surface area (Å²) in [5.74, 6) is -1.21. The summed E-state index contributed by atoms with van der Waals surface area (Å²) in [6.45, 7) is 0. The highest BCUT2D eigenvalue weighted by atomic mass is 16.4. The minimum atomic E-state index is -1.21. The second kappa shape index (κ2) is 6.33. The lowest BCUT2D eigenvalue weighted by Gasteiger charge is -2.28. The molecule has 2 rings (SSSR count). The van der Waals surface area contributed by atoms with Crippen LogP contribution in [0, 0.1) is 0 Å². The van der Waals surface area contributed by atoms with Crippen molar-refractivity contribution < 1.29 is 19.8 Å². The van der Waals surface area contributed by atoms with E-state index in [9.17, 15) is 14.7 Å². The van der Waals surface area contributed by atoms with Gasteiger partial charge in [-0.15, -0.1) is 0 Å². The van der Waals surface area contributed by atoms with Crippen LogP contribution in [0.25, 0.3) is 0 Å². The molecule has 0 aromatic carbocycles. The molecule has 0 bridgehead atoms. The fraction of sp³-hybridized carbons (Fsp3) is 0.462. The zero-order valence-electron chi connectivity index (χ0n) is 10.9. The van der Waals surface area contributed by atoms with Crippen molar-refractivity contribution in [3.05, 3.63) is 24.0 Å². The van der Waals surface area contributed by atoms with Crippen LogP contribution in [0.15, 0.2) is 18.3 Å². The fourth-order valence-corrected chi connectivity index (χ4v) is 2.28. The van der Waals surface area contributed by atoms with E-state index < -0.39 is 18.1 Å². The Morgan fingerprint density at radius 1 is 1.30 bits per heavy atom. The number of nitrogens with zero attached hydrogens (tertiary/aromatic N) is 1. The molecular formula is C13H17N3O4. The first-order chi connectivity index (χ1) is 9.58. The summed E-state index contributed by atoms with van der Waals surface area (Å²) in [5, 5.41) is 23.9. The Morgan fingerprint density at radius 3 is 2.75 bits per heavy atom. The van der Waals surface area contributed by atoms with Gasteiger partial charge in [0.25, 0.3) is 0 Å². The van der Waals surface area contributed by atoms with Crippen LogP contribution < -0.4 is 10.6 Å². The molecule has 20 heavy (non-hydrogen) atoms. The number of amides is 2. The second-order valence-electron chi connectivity index (χ2n) is 4.76. The molecule has 0 radical (unpaired) electrons. The molecule has 2 amide bonds. The van der Waals surface area contributed by atoms with E-state index in [0.29, 0.717) is 12.8 Å². The van der Waals surface area contributed by atoms with Crippen LogP contribution in [0.5, 0.6) is 0 Å². The number of aliphatic hydroxyl groups excluding tert-OH is 1. The summed E-state index contributed by atoms with van der Waals surface area (Å²) in [6.07, 6.45) is 4.08. The van der Waals surface area contributed by atoms with Crippen molar-refractivity contribution in [1.29, 1.82) is 0 Å². The lowest BCUT2D eigenvalue weighted by Crippen LogP contribution is -2.46. The van der Waals surface area contributed by atoms with E-state index in [-0.39, 0.29) is 17.4 Å². The maximum atomic E-state index is 11.8. The molecule has 1 aromatic rings. The molecule has 7 nitrogen and oxygen atoms in total. The molecule has 1 heterocycles. The Kier molecular flexibility index (Phi) is 4.52. The second-order valence-corrected chi connectivity index (χ2v) is 4.76. The minimum absolute atomic E-state index is 0.128. The predicted octanol–water partition coefficient (Wildman–Crippen LogP) is 1.20. The Bertz CT molecular complexity index is 506. The molecule has 4 N–H and O–H groups in total. The van der Waals surface area contributed by atoms with Crippen LogP contribution in [0.1, 0.15) is 36.2 Å². The molecule has 0 spiro atoms. The third kappa shape index (κ3) is 3.45. The van der Waals surface area contributed by atoms with Crippen LogP contribution in [-0.4, -0.2) is 39.3 Å². The number of hydrogen-bond acceptors (Lipinski definition) is 4. The van der Waals surface area contributed by atoms with Crippen molar-refractivity contribution in [3.8, 4) is 0 Å². The highest BCUT2D eigenvalue weighted by Gasteiger charge is 2.24. The average Bonchev–Trinajstić information content (AvgIpc) is 2.41. The first kappa shape index (κ1) is 14.3. The van der Waals surface area contributed by atoms with E-state index in [1.54, 1.807) is 0 Å². The average molecular weight is 279 g/mol. The van der Waals surface area contributed by atoms with Gasteiger partial charge in [0, 0.05) is 6.20 Å². The molecule has 2 atom stereocenters. The number of carboxylic acids is 1. The molecule has 2 unspecified atom stereocenters. The summed E-state index contributed by atoms with van der Waals surface area (Å²) >= 11 is 0. The van der Waals surface area contributed by atoms with E-state index in [2.05, 4.69) is 15.6 Å². The lowest BCUT2D eigenvalue weighted by molar-refractivity contribution is 0.0691. The smallest absolute Gasteiger partial charge is 0.356 e. The van der Waals surface area contributed by atoms with Crippen LogP contribution in [0.3, 0.4) is 0 Å². The van der Waals surface area contributed by atoms with Gasteiger partial charge < -0.3 is 20.8 Å². The van der Waals surface area contributed by atoms with Gasteiger partial charge in [-0.2, -0.15) is 0 Å². The van der Waals surface area contributed by atoms with Gasteiger partial charge in [0.05, 0.1) is 17.8 Å². The number of aromatic nitrogens is 1. The lowest BCUT2D eigenvalue weighted by atomic mass is 9.93. The summed E-state index contributed by atoms with van der Waals surface area (Å²) in [6, 6.07) is 2.17. The van der Waals surface area contributed by atoms with E-state index in [1.165, 1.54) is 18.3 Å². The number of carboxylic acid groups (broad SMARTS) is 1. The number of aliphatic hydroxyl groups is 1. The van der Waals surface area contributed by atoms with Crippen molar-refractivity contribution in [2.75, 3.05) is 5.32 Å². The van der Waals surface area contributed by atoms with Gasteiger partial charge in [-0.05, 0) is 25.0 Å². The third-order valence-corrected chi connectivity index (χ3v) is 3.30. The number of pyridine rings is 1. The van der Waals surface area contributed by atoms with E-state index >= 15 is 0 Å². The number of hydrogen-bond donors (Lipinski definition) is 4. The number of carbonyl (C=O) groups excluding carboxylic acids is 1. The van der Waals surface area contributed by atoms with Crippen molar-refractivity contribution in [3.63, 3.8) is 0 Å². The van der Waals surface area contributed by atoms with Gasteiger partial charge in [-0.25, -0.2) is 14.6 Å². The topological polar surface area (TPSA) is 112 Å². The first-order valence-electron chi connectivity index (χ1n) is 6.52. The molecule has 0 saturated heterocycles. The summed E-state index contributed by atoms with van der Waals surface area (Å²) in [4.78, 5) is 26.5.